The third kappa shape index (κ3) is 6.53. The van der Waals surface area contributed by atoms with Crippen molar-refractivity contribution >= 4 is 33.2 Å². The molecule has 0 aromatic heterocycles. The third-order valence-corrected chi connectivity index (χ3v) is 8.22. The van der Waals surface area contributed by atoms with E-state index in [0.717, 1.165) is 21.0 Å². The number of hydrogen-bond acceptors (Lipinski definition) is 5. The van der Waals surface area contributed by atoms with Crippen molar-refractivity contribution in [2.24, 2.45) is 0 Å². The van der Waals surface area contributed by atoms with E-state index >= 15 is 0 Å². The summed E-state index contributed by atoms with van der Waals surface area (Å²) in [6, 6.07) is 27.4. The van der Waals surface area contributed by atoms with Crippen molar-refractivity contribution in [1.82, 2.24) is 5.32 Å². The summed E-state index contributed by atoms with van der Waals surface area (Å²) >= 11 is 6.06. The fourth-order valence-electron chi connectivity index (χ4n) is 4.13. The highest BCUT2D eigenvalue weighted by Crippen LogP contribution is 2.32. The average molecular weight is 565 g/mol. The monoisotopic (exact) mass is 564 g/mol. The summed E-state index contributed by atoms with van der Waals surface area (Å²) in [4.78, 5) is 13.5. The van der Waals surface area contributed by atoms with Crippen molar-refractivity contribution in [2.45, 2.75) is 17.9 Å². The molecule has 7 nitrogen and oxygen atoms in total. The number of anilines is 1. The SMILES string of the molecule is COc1ccc(S(=O)(=O)N(CC(=O)NC(c2ccccc2)c2ccc(C)cc2)c2ccc(Cl)cc2)cc1OC. The maximum atomic E-state index is 13.9. The summed E-state index contributed by atoms with van der Waals surface area (Å²) in [5.41, 5.74) is 3.12. The Hall–Kier alpha value is -4.01. The van der Waals surface area contributed by atoms with E-state index in [1.165, 1.54) is 32.4 Å². The summed E-state index contributed by atoms with van der Waals surface area (Å²) in [7, 11) is -1.31. The molecule has 0 heterocycles. The summed E-state index contributed by atoms with van der Waals surface area (Å²) in [6.07, 6.45) is 0. The molecule has 0 aliphatic rings. The standard InChI is InChI=1S/C30H29ClN2O5S/c1-21-9-11-23(12-10-21)30(22-7-5-4-6-8-22)32-29(34)20-33(25-15-13-24(31)14-16-25)39(35,36)26-17-18-27(37-2)28(19-26)38-3/h4-19,30H,20H2,1-3H3,(H,32,34). The van der Waals surface area contributed by atoms with Crippen LogP contribution in [-0.4, -0.2) is 35.1 Å². The maximum Gasteiger partial charge on any atom is 0.264 e. The van der Waals surface area contributed by atoms with Gasteiger partial charge in [0.1, 0.15) is 6.54 Å². The van der Waals surface area contributed by atoms with Gasteiger partial charge in [0.05, 0.1) is 30.8 Å². The number of ether oxygens (including phenoxy) is 2. The third-order valence-electron chi connectivity index (χ3n) is 6.19. The fourth-order valence-corrected chi connectivity index (χ4v) is 5.69. The minimum absolute atomic E-state index is 0.0546. The zero-order valence-electron chi connectivity index (χ0n) is 21.8. The van der Waals surface area contributed by atoms with Crippen LogP contribution in [0.5, 0.6) is 11.5 Å². The lowest BCUT2D eigenvalue weighted by atomic mass is 9.98. The molecule has 202 valence electrons. The average Bonchev–Trinajstić information content (AvgIpc) is 2.95. The largest absolute Gasteiger partial charge is 0.493 e. The van der Waals surface area contributed by atoms with Gasteiger partial charge < -0.3 is 14.8 Å². The number of halogens is 1. The molecule has 1 N–H and O–H groups in total. The predicted molar refractivity (Wildman–Crippen MR) is 153 cm³/mol. The first-order valence-corrected chi connectivity index (χ1v) is 14.0. The molecular formula is C30H29ClN2O5S. The number of hydrogen-bond donors (Lipinski definition) is 1. The maximum absolute atomic E-state index is 13.9. The van der Waals surface area contributed by atoms with Crippen molar-refractivity contribution in [3.05, 3.63) is 119 Å². The van der Waals surface area contributed by atoms with Crippen molar-refractivity contribution < 1.29 is 22.7 Å². The molecule has 0 radical (unpaired) electrons. The molecule has 0 fully saturated rings. The molecule has 0 saturated carbocycles. The molecule has 4 aromatic rings. The van der Waals surface area contributed by atoms with Gasteiger partial charge in [-0.1, -0.05) is 71.8 Å². The molecule has 1 unspecified atom stereocenters. The van der Waals surface area contributed by atoms with E-state index < -0.39 is 28.5 Å². The highest BCUT2D eigenvalue weighted by molar-refractivity contribution is 7.92. The molecule has 1 atom stereocenters. The second kappa shape index (κ2) is 12.2. The molecule has 0 spiro atoms. The van der Waals surface area contributed by atoms with Crippen LogP contribution in [0.25, 0.3) is 0 Å². The zero-order chi connectivity index (χ0) is 28.0. The Bertz CT molecular complexity index is 1530. The van der Waals surface area contributed by atoms with E-state index in [1.807, 2.05) is 61.5 Å². The Balaban J connectivity index is 1.70. The first-order chi connectivity index (χ1) is 18.7. The fraction of sp³-hybridized carbons (Fsp3) is 0.167. The van der Waals surface area contributed by atoms with Crippen molar-refractivity contribution in [3.8, 4) is 11.5 Å². The van der Waals surface area contributed by atoms with Crippen LogP contribution in [0.15, 0.2) is 102 Å². The van der Waals surface area contributed by atoms with Gasteiger partial charge in [0.15, 0.2) is 11.5 Å². The Kier molecular flexibility index (Phi) is 8.79. The lowest BCUT2D eigenvalue weighted by Crippen LogP contribution is -2.42. The first kappa shape index (κ1) is 28.0. The van der Waals surface area contributed by atoms with Gasteiger partial charge in [0, 0.05) is 11.1 Å². The van der Waals surface area contributed by atoms with Gasteiger partial charge in [-0.25, -0.2) is 8.42 Å². The van der Waals surface area contributed by atoms with Crippen LogP contribution in [0.3, 0.4) is 0 Å². The van der Waals surface area contributed by atoms with E-state index in [4.69, 9.17) is 21.1 Å². The van der Waals surface area contributed by atoms with Gasteiger partial charge in [-0.3, -0.25) is 9.10 Å². The number of nitrogens with zero attached hydrogens (tertiary/aromatic N) is 1. The number of carbonyl (C=O) groups excluding carboxylic acids is 1. The number of methoxy groups -OCH3 is 2. The Morgan fingerprint density at radius 3 is 2.08 bits per heavy atom. The number of aryl methyl sites for hydroxylation is 1. The van der Waals surface area contributed by atoms with Crippen molar-refractivity contribution in [1.29, 1.82) is 0 Å². The number of nitrogens with one attached hydrogen (secondary N) is 1. The highest BCUT2D eigenvalue weighted by atomic mass is 35.5. The predicted octanol–water partition coefficient (Wildman–Crippen LogP) is 5.77. The van der Waals surface area contributed by atoms with Crippen LogP contribution in [0.4, 0.5) is 5.69 Å². The summed E-state index contributed by atoms with van der Waals surface area (Å²) in [5, 5.41) is 3.47. The molecule has 1 amide bonds. The highest BCUT2D eigenvalue weighted by Gasteiger charge is 2.29. The molecule has 4 aromatic carbocycles. The van der Waals surface area contributed by atoms with Crippen molar-refractivity contribution in [3.63, 3.8) is 0 Å². The van der Waals surface area contributed by atoms with Crippen molar-refractivity contribution in [2.75, 3.05) is 25.1 Å². The van der Waals surface area contributed by atoms with E-state index in [0.29, 0.717) is 10.8 Å². The zero-order valence-corrected chi connectivity index (χ0v) is 23.4. The number of rotatable bonds is 10. The summed E-state index contributed by atoms with van der Waals surface area (Å²) in [6.45, 7) is 1.52. The van der Waals surface area contributed by atoms with Crippen LogP contribution < -0.4 is 19.1 Å². The van der Waals surface area contributed by atoms with E-state index in [-0.39, 0.29) is 16.3 Å². The molecule has 39 heavy (non-hydrogen) atoms. The van der Waals surface area contributed by atoms with Gasteiger partial charge in [-0.15, -0.1) is 0 Å². The number of carbonyl (C=O) groups is 1. The van der Waals surface area contributed by atoms with Gasteiger partial charge in [-0.05, 0) is 54.4 Å². The molecule has 0 bridgehead atoms. The molecule has 0 aliphatic heterocycles. The van der Waals surface area contributed by atoms with Crippen LogP contribution in [0, 0.1) is 6.92 Å². The summed E-state index contributed by atoms with van der Waals surface area (Å²) < 4.78 is 39.4. The second-order valence-electron chi connectivity index (χ2n) is 8.83. The smallest absolute Gasteiger partial charge is 0.264 e. The topological polar surface area (TPSA) is 84.9 Å². The first-order valence-electron chi connectivity index (χ1n) is 12.1. The molecule has 9 heteroatoms. The van der Waals surface area contributed by atoms with E-state index in [2.05, 4.69) is 5.32 Å². The van der Waals surface area contributed by atoms with E-state index in [9.17, 15) is 13.2 Å². The number of amides is 1. The Labute approximate surface area is 234 Å². The van der Waals surface area contributed by atoms with Gasteiger partial charge in [0.2, 0.25) is 5.91 Å². The molecular weight excluding hydrogens is 536 g/mol. The van der Waals surface area contributed by atoms with Gasteiger partial charge in [0.25, 0.3) is 10.0 Å². The Morgan fingerprint density at radius 2 is 1.46 bits per heavy atom. The van der Waals surface area contributed by atoms with Gasteiger partial charge in [-0.2, -0.15) is 0 Å². The minimum Gasteiger partial charge on any atom is -0.493 e. The number of benzene rings is 4. The summed E-state index contributed by atoms with van der Waals surface area (Å²) in [5.74, 6) is 0.155. The second-order valence-corrected chi connectivity index (χ2v) is 11.1. The van der Waals surface area contributed by atoms with Crippen LogP contribution in [0.2, 0.25) is 5.02 Å². The van der Waals surface area contributed by atoms with E-state index in [1.54, 1.807) is 24.3 Å². The van der Waals surface area contributed by atoms with Crippen LogP contribution in [-0.2, 0) is 14.8 Å². The normalized spacial score (nSPS) is 11.9. The molecule has 0 aliphatic carbocycles. The lowest BCUT2D eigenvalue weighted by Gasteiger charge is -2.26. The minimum atomic E-state index is -4.20. The Morgan fingerprint density at radius 1 is 0.846 bits per heavy atom. The van der Waals surface area contributed by atoms with Gasteiger partial charge >= 0.3 is 0 Å². The van der Waals surface area contributed by atoms with Crippen LogP contribution in [0.1, 0.15) is 22.7 Å². The molecule has 0 saturated heterocycles. The molecule has 4 rings (SSSR count). The lowest BCUT2D eigenvalue weighted by molar-refractivity contribution is -0.120. The number of sulfonamides is 1. The quantitative estimate of drug-likeness (QED) is 0.264. The van der Waals surface area contributed by atoms with Crippen LogP contribution >= 0.6 is 11.6 Å².